The number of ketones is 1. The SMILES string of the molecule is COc1ccc(C(=O)C(C)c2ccccn2)cc1OC. The van der Waals surface area contributed by atoms with E-state index in [-0.39, 0.29) is 11.7 Å². The standard InChI is InChI=1S/C16H17NO3/c1-11(13-6-4-5-9-17-13)16(18)12-7-8-14(19-2)15(10-12)20-3/h4-11H,1-3H3. The van der Waals surface area contributed by atoms with Crippen molar-refractivity contribution < 1.29 is 14.3 Å². The number of aromatic nitrogens is 1. The number of methoxy groups -OCH3 is 2. The summed E-state index contributed by atoms with van der Waals surface area (Å²) >= 11 is 0. The lowest BCUT2D eigenvalue weighted by molar-refractivity contribution is 0.0964. The van der Waals surface area contributed by atoms with E-state index in [1.54, 1.807) is 38.6 Å². The molecule has 2 rings (SSSR count). The van der Waals surface area contributed by atoms with Crippen LogP contribution in [0, 0.1) is 0 Å². The Labute approximate surface area is 118 Å². The zero-order valence-electron chi connectivity index (χ0n) is 11.8. The van der Waals surface area contributed by atoms with E-state index in [2.05, 4.69) is 4.98 Å². The van der Waals surface area contributed by atoms with Crippen molar-refractivity contribution in [1.29, 1.82) is 0 Å². The molecule has 0 aliphatic rings. The first-order valence-electron chi connectivity index (χ1n) is 6.34. The highest BCUT2D eigenvalue weighted by Gasteiger charge is 2.19. The molecule has 0 bridgehead atoms. The van der Waals surface area contributed by atoms with Crippen LogP contribution in [0.4, 0.5) is 0 Å². The molecule has 0 saturated heterocycles. The highest BCUT2D eigenvalue weighted by atomic mass is 16.5. The second kappa shape index (κ2) is 6.19. The molecule has 1 atom stereocenters. The van der Waals surface area contributed by atoms with Gasteiger partial charge in [-0.1, -0.05) is 6.07 Å². The summed E-state index contributed by atoms with van der Waals surface area (Å²) in [5.41, 5.74) is 1.34. The molecule has 0 saturated carbocycles. The molecule has 0 N–H and O–H groups in total. The van der Waals surface area contributed by atoms with Gasteiger partial charge in [0.05, 0.1) is 25.8 Å². The van der Waals surface area contributed by atoms with Crippen LogP contribution in [0.25, 0.3) is 0 Å². The largest absolute Gasteiger partial charge is 0.493 e. The summed E-state index contributed by atoms with van der Waals surface area (Å²) in [7, 11) is 3.12. The van der Waals surface area contributed by atoms with E-state index in [9.17, 15) is 4.79 Å². The van der Waals surface area contributed by atoms with E-state index in [0.717, 1.165) is 5.69 Å². The first-order chi connectivity index (χ1) is 9.67. The van der Waals surface area contributed by atoms with Crippen molar-refractivity contribution in [1.82, 2.24) is 4.98 Å². The summed E-state index contributed by atoms with van der Waals surface area (Å²) in [6.07, 6.45) is 1.69. The number of rotatable bonds is 5. The molecule has 0 amide bonds. The minimum Gasteiger partial charge on any atom is -0.493 e. The molecular formula is C16H17NO3. The predicted octanol–water partition coefficient (Wildman–Crippen LogP) is 3.09. The molecule has 0 fully saturated rings. The zero-order valence-corrected chi connectivity index (χ0v) is 11.8. The molecule has 0 radical (unpaired) electrons. The molecular weight excluding hydrogens is 254 g/mol. The van der Waals surface area contributed by atoms with Crippen LogP contribution >= 0.6 is 0 Å². The highest BCUT2D eigenvalue weighted by molar-refractivity contribution is 6.01. The van der Waals surface area contributed by atoms with E-state index < -0.39 is 0 Å². The van der Waals surface area contributed by atoms with E-state index in [0.29, 0.717) is 17.1 Å². The molecule has 1 heterocycles. The van der Waals surface area contributed by atoms with Crippen LogP contribution in [0.3, 0.4) is 0 Å². The summed E-state index contributed by atoms with van der Waals surface area (Å²) < 4.78 is 10.4. The van der Waals surface area contributed by atoms with Crippen LogP contribution in [0.15, 0.2) is 42.6 Å². The third-order valence-electron chi connectivity index (χ3n) is 3.19. The van der Waals surface area contributed by atoms with Crippen molar-refractivity contribution in [3.8, 4) is 11.5 Å². The predicted molar refractivity (Wildman–Crippen MR) is 76.5 cm³/mol. The number of hydrogen-bond acceptors (Lipinski definition) is 4. The van der Waals surface area contributed by atoms with Gasteiger partial charge in [0.25, 0.3) is 0 Å². The van der Waals surface area contributed by atoms with Crippen molar-refractivity contribution in [2.45, 2.75) is 12.8 Å². The number of nitrogens with zero attached hydrogens (tertiary/aromatic N) is 1. The van der Waals surface area contributed by atoms with E-state index in [1.165, 1.54) is 0 Å². The van der Waals surface area contributed by atoms with Crippen LogP contribution in [0.2, 0.25) is 0 Å². The number of benzene rings is 1. The maximum Gasteiger partial charge on any atom is 0.171 e. The number of Topliss-reactive ketones (excluding diaryl/α,β-unsaturated/α-hetero) is 1. The van der Waals surface area contributed by atoms with Crippen LogP contribution in [0.1, 0.15) is 28.9 Å². The summed E-state index contributed by atoms with van der Waals surface area (Å²) in [5.74, 6) is 0.861. The smallest absolute Gasteiger partial charge is 0.171 e. The fourth-order valence-corrected chi connectivity index (χ4v) is 2.01. The van der Waals surface area contributed by atoms with E-state index in [1.807, 2.05) is 25.1 Å². The Morgan fingerprint density at radius 3 is 2.45 bits per heavy atom. The molecule has 0 aliphatic heterocycles. The Kier molecular flexibility index (Phi) is 4.35. The fraction of sp³-hybridized carbons (Fsp3) is 0.250. The van der Waals surface area contributed by atoms with E-state index >= 15 is 0 Å². The van der Waals surface area contributed by atoms with Gasteiger partial charge in [0.2, 0.25) is 0 Å². The average Bonchev–Trinajstić information content (AvgIpc) is 2.53. The summed E-state index contributed by atoms with van der Waals surface area (Å²) in [5, 5.41) is 0. The second-order valence-electron chi connectivity index (χ2n) is 4.41. The molecule has 2 aromatic rings. The molecule has 0 spiro atoms. The Bertz CT molecular complexity index is 596. The van der Waals surface area contributed by atoms with Crippen LogP contribution < -0.4 is 9.47 Å². The number of hydrogen-bond donors (Lipinski definition) is 0. The van der Waals surface area contributed by atoms with Gasteiger partial charge in [-0.2, -0.15) is 0 Å². The third-order valence-corrected chi connectivity index (χ3v) is 3.19. The minimum absolute atomic E-state index is 0.00431. The first kappa shape index (κ1) is 14.1. The second-order valence-corrected chi connectivity index (χ2v) is 4.41. The Morgan fingerprint density at radius 2 is 1.85 bits per heavy atom. The Morgan fingerprint density at radius 1 is 1.10 bits per heavy atom. The maximum absolute atomic E-state index is 12.5. The number of carbonyl (C=O) groups excluding carboxylic acids is 1. The molecule has 4 heteroatoms. The van der Waals surface area contributed by atoms with Crippen molar-refractivity contribution in [2.75, 3.05) is 14.2 Å². The number of pyridine rings is 1. The van der Waals surface area contributed by atoms with Gasteiger partial charge in [0.15, 0.2) is 17.3 Å². The van der Waals surface area contributed by atoms with Gasteiger partial charge in [-0.05, 0) is 37.3 Å². The van der Waals surface area contributed by atoms with Gasteiger partial charge in [0.1, 0.15) is 0 Å². The molecule has 1 aromatic carbocycles. The number of ether oxygens (including phenoxy) is 2. The molecule has 20 heavy (non-hydrogen) atoms. The maximum atomic E-state index is 12.5. The quantitative estimate of drug-likeness (QED) is 0.784. The summed E-state index contributed by atoms with van der Waals surface area (Å²) in [6.45, 7) is 1.85. The molecule has 1 aromatic heterocycles. The average molecular weight is 271 g/mol. The van der Waals surface area contributed by atoms with Gasteiger partial charge in [-0.3, -0.25) is 9.78 Å². The highest BCUT2D eigenvalue weighted by Crippen LogP contribution is 2.29. The molecule has 0 aliphatic carbocycles. The van der Waals surface area contributed by atoms with Crippen molar-refractivity contribution in [3.63, 3.8) is 0 Å². The lowest BCUT2D eigenvalue weighted by atomic mass is 9.95. The monoisotopic (exact) mass is 271 g/mol. The molecule has 4 nitrogen and oxygen atoms in total. The van der Waals surface area contributed by atoms with Crippen molar-refractivity contribution >= 4 is 5.78 Å². The summed E-state index contributed by atoms with van der Waals surface area (Å²) in [4.78, 5) is 16.7. The van der Waals surface area contributed by atoms with Gasteiger partial charge in [-0.25, -0.2) is 0 Å². The topological polar surface area (TPSA) is 48.4 Å². The lowest BCUT2D eigenvalue weighted by Gasteiger charge is -2.12. The Balaban J connectivity index is 2.29. The normalized spacial score (nSPS) is 11.8. The third kappa shape index (κ3) is 2.79. The van der Waals surface area contributed by atoms with Crippen molar-refractivity contribution in [3.05, 3.63) is 53.9 Å². The molecule has 1 unspecified atom stereocenters. The van der Waals surface area contributed by atoms with Crippen molar-refractivity contribution in [2.24, 2.45) is 0 Å². The van der Waals surface area contributed by atoms with Crippen LogP contribution in [-0.4, -0.2) is 25.0 Å². The van der Waals surface area contributed by atoms with Crippen LogP contribution in [-0.2, 0) is 0 Å². The number of carbonyl (C=O) groups is 1. The fourth-order valence-electron chi connectivity index (χ4n) is 2.01. The summed E-state index contributed by atoms with van der Waals surface area (Å²) in [6, 6.07) is 10.7. The van der Waals surface area contributed by atoms with Gasteiger partial charge in [-0.15, -0.1) is 0 Å². The van der Waals surface area contributed by atoms with Gasteiger partial charge >= 0.3 is 0 Å². The van der Waals surface area contributed by atoms with Gasteiger partial charge in [0, 0.05) is 11.8 Å². The van der Waals surface area contributed by atoms with Crippen LogP contribution in [0.5, 0.6) is 11.5 Å². The zero-order chi connectivity index (χ0) is 14.5. The first-order valence-corrected chi connectivity index (χ1v) is 6.34. The van der Waals surface area contributed by atoms with Gasteiger partial charge < -0.3 is 9.47 Å². The lowest BCUT2D eigenvalue weighted by Crippen LogP contribution is -2.11. The minimum atomic E-state index is -0.297. The van der Waals surface area contributed by atoms with E-state index in [4.69, 9.17) is 9.47 Å². The Hall–Kier alpha value is -2.36. The molecule has 104 valence electrons.